The molecule has 3 rings (SSSR count). The van der Waals surface area contributed by atoms with Crippen LogP contribution in [0.25, 0.3) is 6.08 Å². The highest BCUT2D eigenvalue weighted by molar-refractivity contribution is 7.80. The molecule has 0 atom stereocenters. The van der Waals surface area contributed by atoms with Gasteiger partial charge in [0.1, 0.15) is 0 Å². The van der Waals surface area contributed by atoms with Crippen molar-refractivity contribution in [3.8, 4) is 0 Å². The number of hydrogen-bond donors (Lipinski definition) is 3. The number of hydrogen-bond acceptors (Lipinski definition) is 3. The second-order valence-corrected chi connectivity index (χ2v) is 7.65. The lowest BCUT2D eigenvalue weighted by Crippen LogP contribution is -2.32. The minimum atomic E-state index is -0.363. The molecule has 31 heavy (non-hydrogen) atoms. The van der Waals surface area contributed by atoms with Crippen molar-refractivity contribution in [1.82, 2.24) is 5.32 Å². The Hall–Kier alpha value is -3.19. The van der Waals surface area contributed by atoms with Gasteiger partial charge in [0.2, 0.25) is 5.91 Å². The summed E-state index contributed by atoms with van der Waals surface area (Å²) in [6.45, 7) is 0. The number of amides is 2. The number of carbonyl (C=O) groups excluding carboxylic acids is 2. The number of rotatable bonds is 5. The fourth-order valence-electron chi connectivity index (χ4n) is 2.53. The summed E-state index contributed by atoms with van der Waals surface area (Å²) in [6.07, 6.45) is 3.04. The summed E-state index contributed by atoms with van der Waals surface area (Å²) in [6, 6.07) is 20.7. The van der Waals surface area contributed by atoms with Crippen LogP contribution >= 0.6 is 35.4 Å². The summed E-state index contributed by atoms with van der Waals surface area (Å²) >= 11 is 16.9. The molecule has 156 valence electrons. The van der Waals surface area contributed by atoms with Gasteiger partial charge >= 0.3 is 0 Å². The Morgan fingerprint density at radius 2 is 1.45 bits per heavy atom. The van der Waals surface area contributed by atoms with Gasteiger partial charge in [-0.3, -0.25) is 14.9 Å². The van der Waals surface area contributed by atoms with E-state index in [2.05, 4.69) is 16.0 Å². The van der Waals surface area contributed by atoms with Crippen molar-refractivity contribution < 1.29 is 9.59 Å². The van der Waals surface area contributed by atoms with Gasteiger partial charge in [0.05, 0.1) is 0 Å². The van der Waals surface area contributed by atoms with Gasteiger partial charge in [-0.2, -0.15) is 0 Å². The molecule has 0 aromatic heterocycles. The van der Waals surface area contributed by atoms with Crippen LogP contribution in [-0.2, 0) is 4.79 Å². The molecule has 3 aromatic rings. The zero-order chi connectivity index (χ0) is 22.2. The first-order chi connectivity index (χ1) is 14.9. The number of carbonyl (C=O) groups is 2. The molecule has 0 unspecified atom stereocenters. The Bertz CT molecular complexity index is 1130. The molecule has 0 aliphatic rings. The highest BCUT2D eigenvalue weighted by atomic mass is 35.5. The maximum atomic E-state index is 12.3. The van der Waals surface area contributed by atoms with Crippen molar-refractivity contribution in [3.05, 3.63) is 100 Å². The van der Waals surface area contributed by atoms with Crippen molar-refractivity contribution in [1.29, 1.82) is 0 Å². The van der Waals surface area contributed by atoms with Crippen molar-refractivity contribution in [2.75, 3.05) is 10.6 Å². The van der Waals surface area contributed by atoms with Crippen LogP contribution in [0.3, 0.4) is 0 Å². The number of halogens is 2. The predicted octanol–water partition coefficient (Wildman–Crippen LogP) is 5.77. The fraction of sp³-hybridized carbons (Fsp3) is 0. The van der Waals surface area contributed by atoms with Crippen molar-refractivity contribution in [2.45, 2.75) is 0 Å². The topological polar surface area (TPSA) is 70.2 Å². The first-order valence-corrected chi connectivity index (χ1v) is 10.3. The van der Waals surface area contributed by atoms with E-state index in [1.54, 1.807) is 78.9 Å². The van der Waals surface area contributed by atoms with E-state index in [-0.39, 0.29) is 16.9 Å². The number of anilines is 2. The molecule has 2 amide bonds. The molecule has 0 saturated heterocycles. The third-order valence-corrected chi connectivity index (χ3v) is 4.71. The standard InChI is InChI=1S/C23H17Cl2N3O2S/c24-17-7-4-15(5-8-17)6-13-21(29)28-23(31)27-20-11-9-19(10-12-20)26-22(30)16-2-1-3-18(25)14-16/h1-14H,(H,26,30)(H2,27,28,29,31). The lowest BCUT2D eigenvalue weighted by molar-refractivity contribution is -0.115. The van der Waals surface area contributed by atoms with E-state index in [0.29, 0.717) is 27.0 Å². The maximum Gasteiger partial charge on any atom is 0.255 e. The van der Waals surface area contributed by atoms with Crippen LogP contribution < -0.4 is 16.0 Å². The molecule has 0 aliphatic heterocycles. The van der Waals surface area contributed by atoms with Crippen LogP contribution in [0.2, 0.25) is 10.0 Å². The van der Waals surface area contributed by atoms with Crippen LogP contribution in [-0.4, -0.2) is 16.9 Å². The molecule has 3 aromatic carbocycles. The van der Waals surface area contributed by atoms with E-state index in [1.165, 1.54) is 6.08 Å². The molecule has 0 radical (unpaired) electrons. The van der Waals surface area contributed by atoms with Crippen molar-refractivity contribution in [2.24, 2.45) is 0 Å². The lowest BCUT2D eigenvalue weighted by Gasteiger charge is -2.10. The highest BCUT2D eigenvalue weighted by Crippen LogP contribution is 2.16. The van der Waals surface area contributed by atoms with E-state index in [1.807, 2.05) is 0 Å². The molecule has 3 N–H and O–H groups in total. The molecule has 0 spiro atoms. The second-order valence-electron chi connectivity index (χ2n) is 6.37. The first-order valence-electron chi connectivity index (χ1n) is 9.12. The summed E-state index contributed by atoms with van der Waals surface area (Å²) < 4.78 is 0. The number of thiocarbonyl (C=S) groups is 1. The molecule has 5 nitrogen and oxygen atoms in total. The van der Waals surface area contributed by atoms with Gasteiger partial charge in [0, 0.05) is 33.1 Å². The van der Waals surface area contributed by atoms with Crippen LogP contribution in [0.1, 0.15) is 15.9 Å². The van der Waals surface area contributed by atoms with Gasteiger partial charge in [-0.15, -0.1) is 0 Å². The van der Waals surface area contributed by atoms with Gasteiger partial charge in [-0.25, -0.2) is 0 Å². The summed E-state index contributed by atoms with van der Waals surface area (Å²) in [7, 11) is 0. The summed E-state index contributed by atoms with van der Waals surface area (Å²) in [5.41, 5.74) is 2.57. The molecule has 0 saturated carbocycles. The third-order valence-electron chi connectivity index (χ3n) is 4.02. The summed E-state index contributed by atoms with van der Waals surface area (Å²) in [5.74, 6) is -0.628. The molecule has 8 heteroatoms. The fourth-order valence-corrected chi connectivity index (χ4v) is 3.07. The van der Waals surface area contributed by atoms with Gasteiger partial charge in [-0.05, 0) is 78.5 Å². The number of nitrogens with one attached hydrogen (secondary N) is 3. The van der Waals surface area contributed by atoms with Gasteiger partial charge < -0.3 is 10.6 Å². The second kappa shape index (κ2) is 10.7. The Morgan fingerprint density at radius 3 is 2.10 bits per heavy atom. The molecular weight excluding hydrogens is 453 g/mol. The number of benzene rings is 3. The lowest BCUT2D eigenvalue weighted by atomic mass is 10.2. The minimum absolute atomic E-state index is 0.154. The third kappa shape index (κ3) is 7.22. The zero-order valence-corrected chi connectivity index (χ0v) is 18.4. The average molecular weight is 470 g/mol. The van der Waals surface area contributed by atoms with Crippen molar-refractivity contribution >= 4 is 69.8 Å². The van der Waals surface area contributed by atoms with Crippen LogP contribution in [0.4, 0.5) is 11.4 Å². The van der Waals surface area contributed by atoms with E-state index < -0.39 is 0 Å². The Balaban J connectivity index is 1.50. The molecule has 0 heterocycles. The molecular formula is C23H17Cl2N3O2S. The molecule has 0 fully saturated rings. The molecule has 0 bridgehead atoms. The first kappa shape index (κ1) is 22.5. The summed E-state index contributed by atoms with van der Waals surface area (Å²) in [5, 5.41) is 9.55. The van der Waals surface area contributed by atoms with E-state index >= 15 is 0 Å². The largest absolute Gasteiger partial charge is 0.332 e. The Morgan fingerprint density at radius 1 is 0.806 bits per heavy atom. The highest BCUT2D eigenvalue weighted by Gasteiger charge is 2.07. The maximum absolute atomic E-state index is 12.3. The zero-order valence-electron chi connectivity index (χ0n) is 16.1. The van der Waals surface area contributed by atoms with Crippen LogP contribution in [0.5, 0.6) is 0 Å². The predicted molar refractivity (Wildman–Crippen MR) is 131 cm³/mol. The van der Waals surface area contributed by atoms with E-state index in [0.717, 1.165) is 5.56 Å². The van der Waals surface area contributed by atoms with Crippen LogP contribution in [0.15, 0.2) is 78.9 Å². The van der Waals surface area contributed by atoms with Gasteiger partial charge in [-0.1, -0.05) is 41.4 Å². The smallest absolute Gasteiger partial charge is 0.255 e. The minimum Gasteiger partial charge on any atom is -0.332 e. The normalized spacial score (nSPS) is 10.5. The Labute approximate surface area is 195 Å². The Kier molecular flexibility index (Phi) is 7.78. The average Bonchev–Trinajstić information content (AvgIpc) is 2.74. The monoisotopic (exact) mass is 469 g/mol. The quantitative estimate of drug-likeness (QED) is 0.327. The van der Waals surface area contributed by atoms with E-state index in [4.69, 9.17) is 35.4 Å². The van der Waals surface area contributed by atoms with Crippen molar-refractivity contribution in [3.63, 3.8) is 0 Å². The van der Waals surface area contributed by atoms with Gasteiger partial charge in [0.15, 0.2) is 5.11 Å². The van der Waals surface area contributed by atoms with Gasteiger partial charge in [0.25, 0.3) is 5.91 Å². The van der Waals surface area contributed by atoms with Crippen LogP contribution in [0, 0.1) is 0 Å². The SMILES string of the molecule is O=C(C=Cc1ccc(Cl)cc1)NC(=S)Nc1ccc(NC(=O)c2cccc(Cl)c2)cc1. The summed E-state index contributed by atoms with van der Waals surface area (Å²) in [4.78, 5) is 24.3. The molecule has 0 aliphatic carbocycles. The van der Waals surface area contributed by atoms with E-state index in [9.17, 15) is 9.59 Å².